The Hall–Kier alpha value is -2.39. The zero-order valence-electron chi connectivity index (χ0n) is 12.9. The molecule has 0 saturated carbocycles. The molecule has 1 aromatic carbocycles. The number of hydrogen-bond donors (Lipinski definition) is 1. The van der Waals surface area contributed by atoms with E-state index < -0.39 is 24.0 Å². The van der Waals surface area contributed by atoms with Crippen LogP contribution in [0.5, 0.6) is 0 Å². The number of esters is 1. The number of benzene rings is 1. The number of nitrogens with zero attached hydrogens (tertiary/aromatic N) is 1. The van der Waals surface area contributed by atoms with Crippen molar-refractivity contribution in [1.29, 1.82) is 5.26 Å². The molecule has 0 aliphatic heterocycles. The summed E-state index contributed by atoms with van der Waals surface area (Å²) in [6.07, 6.45) is -0.647. The van der Waals surface area contributed by atoms with Crippen molar-refractivity contribution in [3.8, 4) is 6.07 Å². The smallest absolute Gasteiger partial charge is 0.328 e. The van der Waals surface area contributed by atoms with Gasteiger partial charge in [-0.25, -0.2) is 4.79 Å². The molecule has 0 spiro atoms. The Bertz CT molecular complexity index is 539. The first-order valence-electron chi connectivity index (χ1n) is 6.89. The van der Waals surface area contributed by atoms with Crippen molar-refractivity contribution >= 4 is 11.9 Å². The zero-order valence-corrected chi connectivity index (χ0v) is 12.9. The molecule has 1 rings (SSSR count). The van der Waals surface area contributed by atoms with E-state index >= 15 is 0 Å². The van der Waals surface area contributed by atoms with Gasteiger partial charge in [-0.05, 0) is 18.9 Å². The number of carbonyl (C=O) groups excluding carboxylic acids is 2. The van der Waals surface area contributed by atoms with Gasteiger partial charge in [-0.2, -0.15) is 5.26 Å². The minimum Gasteiger partial charge on any atom is -0.467 e. The first-order chi connectivity index (χ1) is 10.5. The van der Waals surface area contributed by atoms with E-state index in [-0.39, 0.29) is 12.3 Å². The molecule has 0 heterocycles. The monoisotopic (exact) mass is 304 g/mol. The average molecular weight is 304 g/mol. The van der Waals surface area contributed by atoms with Gasteiger partial charge in [-0.1, -0.05) is 30.3 Å². The number of amides is 1. The molecule has 1 amide bonds. The van der Waals surface area contributed by atoms with Crippen LogP contribution in [0.3, 0.4) is 0 Å². The first kappa shape index (κ1) is 17.7. The Balaban J connectivity index is 2.85. The minimum absolute atomic E-state index is 0.181. The second-order valence-corrected chi connectivity index (χ2v) is 4.88. The van der Waals surface area contributed by atoms with Crippen molar-refractivity contribution < 1.29 is 19.1 Å². The van der Waals surface area contributed by atoms with Crippen LogP contribution in [0.2, 0.25) is 0 Å². The Kier molecular flexibility index (Phi) is 7.06. The highest BCUT2D eigenvalue weighted by molar-refractivity contribution is 5.87. The fourth-order valence-electron chi connectivity index (χ4n) is 2.03. The molecular formula is C16H20N2O4. The molecule has 6 nitrogen and oxygen atoms in total. The van der Waals surface area contributed by atoms with Gasteiger partial charge in [0.1, 0.15) is 6.04 Å². The van der Waals surface area contributed by atoms with Crippen LogP contribution in [0.1, 0.15) is 25.0 Å². The van der Waals surface area contributed by atoms with E-state index in [9.17, 15) is 9.59 Å². The van der Waals surface area contributed by atoms with Crippen LogP contribution >= 0.6 is 0 Å². The van der Waals surface area contributed by atoms with E-state index in [1.54, 1.807) is 31.2 Å². The van der Waals surface area contributed by atoms with Crippen molar-refractivity contribution in [2.24, 2.45) is 5.92 Å². The molecule has 0 fully saturated rings. The molecule has 0 bridgehead atoms. The molecule has 1 N–H and O–H groups in total. The summed E-state index contributed by atoms with van der Waals surface area (Å²) < 4.78 is 9.89. The number of carbonyl (C=O) groups is 2. The van der Waals surface area contributed by atoms with Crippen LogP contribution < -0.4 is 5.32 Å². The zero-order chi connectivity index (χ0) is 16.5. The van der Waals surface area contributed by atoms with Crippen LogP contribution in [-0.4, -0.2) is 32.1 Å². The van der Waals surface area contributed by atoms with Gasteiger partial charge >= 0.3 is 5.97 Å². The number of hydrogen-bond acceptors (Lipinski definition) is 5. The van der Waals surface area contributed by atoms with Crippen LogP contribution in [0.25, 0.3) is 0 Å². The lowest BCUT2D eigenvalue weighted by atomic mass is 10.0. The third-order valence-corrected chi connectivity index (χ3v) is 3.19. The molecule has 22 heavy (non-hydrogen) atoms. The summed E-state index contributed by atoms with van der Waals surface area (Å²) >= 11 is 0. The van der Waals surface area contributed by atoms with Crippen molar-refractivity contribution in [1.82, 2.24) is 5.32 Å². The molecule has 1 aromatic rings. The quantitative estimate of drug-likeness (QED) is 0.773. The number of nitrogens with one attached hydrogen (secondary N) is 1. The van der Waals surface area contributed by atoms with Gasteiger partial charge in [0.2, 0.25) is 0 Å². The molecule has 0 aliphatic rings. The number of rotatable bonds is 7. The van der Waals surface area contributed by atoms with Crippen molar-refractivity contribution in [2.45, 2.75) is 25.5 Å². The normalized spacial score (nSPS) is 14.3. The van der Waals surface area contributed by atoms with Gasteiger partial charge in [0, 0.05) is 13.0 Å². The Morgan fingerprint density at radius 3 is 2.41 bits per heavy atom. The highest BCUT2D eigenvalue weighted by Gasteiger charge is 2.28. The van der Waals surface area contributed by atoms with E-state index in [4.69, 9.17) is 10.00 Å². The highest BCUT2D eigenvalue weighted by Crippen LogP contribution is 2.17. The van der Waals surface area contributed by atoms with E-state index in [2.05, 4.69) is 10.1 Å². The standard InChI is InChI=1S/C16H20N2O4/c1-11(10-17)9-13(16(20)22-3)18-15(19)14(21-2)12-7-5-4-6-8-12/h4-8,11,13-14H,9H2,1-3H3,(H,18,19)/t11-,13+,14-/m1/s1. The largest absolute Gasteiger partial charge is 0.467 e. The Morgan fingerprint density at radius 1 is 1.27 bits per heavy atom. The molecule has 0 aliphatic carbocycles. The number of methoxy groups -OCH3 is 2. The fraction of sp³-hybridized carbons (Fsp3) is 0.438. The lowest BCUT2D eigenvalue weighted by Gasteiger charge is -2.21. The molecule has 118 valence electrons. The Labute approximate surface area is 130 Å². The van der Waals surface area contributed by atoms with E-state index in [0.717, 1.165) is 0 Å². The molecule has 6 heteroatoms. The molecule has 3 atom stereocenters. The predicted molar refractivity (Wildman–Crippen MR) is 79.5 cm³/mol. The second-order valence-electron chi connectivity index (χ2n) is 4.88. The lowest BCUT2D eigenvalue weighted by Crippen LogP contribution is -2.44. The van der Waals surface area contributed by atoms with Gasteiger partial charge in [0.15, 0.2) is 6.10 Å². The van der Waals surface area contributed by atoms with Crippen molar-refractivity contribution in [2.75, 3.05) is 14.2 Å². The summed E-state index contributed by atoms with van der Waals surface area (Å²) in [6.45, 7) is 1.67. The van der Waals surface area contributed by atoms with E-state index in [1.165, 1.54) is 14.2 Å². The predicted octanol–water partition coefficient (Wildman–Crippen LogP) is 1.58. The summed E-state index contributed by atoms with van der Waals surface area (Å²) in [7, 11) is 2.66. The van der Waals surface area contributed by atoms with Gasteiger partial charge in [0.25, 0.3) is 5.91 Å². The van der Waals surface area contributed by atoms with Crippen LogP contribution in [0.4, 0.5) is 0 Å². The molecular weight excluding hydrogens is 284 g/mol. The van der Waals surface area contributed by atoms with Gasteiger partial charge < -0.3 is 14.8 Å². The SMILES string of the molecule is COC(=O)[C@H](C[C@@H](C)C#N)NC(=O)[C@H](OC)c1ccccc1. The maximum absolute atomic E-state index is 12.3. The van der Waals surface area contributed by atoms with Crippen LogP contribution in [-0.2, 0) is 19.1 Å². The van der Waals surface area contributed by atoms with Crippen molar-refractivity contribution in [3.63, 3.8) is 0 Å². The molecule has 0 unspecified atom stereocenters. The van der Waals surface area contributed by atoms with Gasteiger partial charge in [-0.3, -0.25) is 4.79 Å². The molecule has 0 aromatic heterocycles. The summed E-state index contributed by atoms with van der Waals surface area (Å²) in [4.78, 5) is 24.1. The summed E-state index contributed by atoms with van der Waals surface area (Å²) in [6, 6.07) is 10.1. The van der Waals surface area contributed by atoms with Gasteiger partial charge in [-0.15, -0.1) is 0 Å². The third kappa shape index (κ3) is 4.86. The van der Waals surface area contributed by atoms with Crippen molar-refractivity contribution in [3.05, 3.63) is 35.9 Å². The van der Waals surface area contributed by atoms with E-state index in [0.29, 0.717) is 5.56 Å². The average Bonchev–Trinajstić information content (AvgIpc) is 2.55. The molecule has 0 saturated heterocycles. The van der Waals surface area contributed by atoms with Crippen LogP contribution in [0, 0.1) is 17.2 Å². The maximum Gasteiger partial charge on any atom is 0.328 e. The Morgan fingerprint density at radius 2 is 1.91 bits per heavy atom. The summed E-state index contributed by atoms with van der Waals surface area (Å²) in [5.74, 6) is -1.42. The maximum atomic E-state index is 12.3. The summed E-state index contributed by atoms with van der Waals surface area (Å²) in [5.41, 5.74) is 0.680. The number of ether oxygens (including phenoxy) is 2. The van der Waals surface area contributed by atoms with Gasteiger partial charge in [0.05, 0.1) is 13.2 Å². The molecule has 0 radical (unpaired) electrons. The lowest BCUT2D eigenvalue weighted by molar-refractivity contribution is -0.147. The summed E-state index contributed by atoms with van der Waals surface area (Å²) in [5, 5.41) is 11.5. The highest BCUT2D eigenvalue weighted by atomic mass is 16.5. The number of nitriles is 1. The third-order valence-electron chi connectivity index (χ3n) is 3.19. The topological polar surface area (TPSA) is 88.4 Å². The first-order valence-corrected chi connectivity index (χ1v) is 6.89. The second kappa shape index (κ2) is 8.80. The minimum atomic E-state index is -0.881. The van der Waals surface area contributed by atoms with E-state index in [1.807, 2.05) is 12.1 Å². The van der Waals surface area contributed by atoms with Crippen LogP contribution in [0.15, 0.2) is 30.3 Å². The fourth-order valence-corrected chi connectivity index (χ4v) is 2.03.